The SMILES string of the molecule is CN=C(NCC(=O)N1CCCc2ccccc21)NCC(C)Cc1cccs1. The van der Waals surface area contributed by atoms with Crippen molar-refractivity contribution in [3.8, 4) is 0 Å². The van der Waals surface area contributed by atoms with Gasteiger partial charge in [0, 0.05) is 30.7 Å². The van der Waals surface area contributed by atoms with Crippen LogP contribution < -0.4 is 15.5 Å². The smallest absolute Gasteiger partial charge is 0.246 e. The van der Waals surface area contributed by atoms with E-state index in [1.165, 1.54) is 10.4 Å². The average Bonchev–Trinajstić information content (AvgIpc) is 3.20. The summed E-state index contributed by atoms with van der Waals surface area (Å²) in [6, 6.07) is 12.4. The first-order chi connectivity index (χ1) is 13.2. The molecule has 0 radical (unpaired) electrons. The Bertz CT molecular complexity index is 772. The van der Waals surface area contributed by atoms with E-state index in [0.29, 0.717) is 11.9 Å². The first-order valence-corrected chi connectivity index (χ1v) is 10.4. The quantitative estimate of drug-likeness (QED) is 0.594. The van der Waals surface area contributed by atoms with E-state index in [1.807, 2.05) is 23.1 Å². The Hall–Kier alpha value is -2.34. The Labute approximate surface area is 165 Å². The molecule has 0 fully saturated rings. The van der Waals surface area contributed by atoms with Gasteiger partial charge in [0.15, 0.2) is 5.96 Å². The highest BCUT2D eigenvalue weighted by Crippen LogP contribution is 2.26. The normalized spacial score (nSPS) is 15.2. The van der Waals surface area contributed by atoms with Crippen LogP contribution in [0.3, 0.4) is 0 Å². The number of aliphatic imine (C=N–C) groups is 1. The summed E-state index contributed by atoms with van der Waals surface area (Å²) in [5, 5.41) is 8.61. The topological polar surface area (TPSA) is 56.7 Å². The average molecular weight is 385 g/mol. The standard InChI is InChI=1S/C21H28N4OS/c1-16(13-18-9-6-12-27-18)14-23-21(22-2)24-15-20(26)25-11-5-8-17-7-3-4-10-19(17)25/h3-4,6-7,9-10,12,16H,5,8,11,13-15H2,1-2H3,(H2,22,23,24). The van der Waals surface area contributed by atoms with Crippen LogP contribution in [0.15, 0.2) is 46.8 Å². The molecular weight excluding hydrogens is 356 g/mol. The van der Waals surface area contributed by atoms with Crippen molar-refractivity contribution < 1.29 is 4.79 Å². The van der Waals surface area contributed by atoms with Gasteiger partial charge in [0.2, 0.25) is 5.91 Å². The van der Waals surface area contributed by atoms with Gasteiger partial charge in [-0.15, -0.1) is 11.3 Å². The monoisotopic (exact) mass is 384 g/mol. The molecule has 1 amide bonds. The molecule has 0 aliphatic carbocycles. The third kappa shape index (κ3) is 5.32. The van der Waals surface area contributed by atoms with Crippen LogP contribution in [0.5, 0.6) is 0 Å². The highest BCUT2D eigenvalue weighted by atomic mass is 32.1. The van der Waals surface area contributed by atoms with E-state index in [-0.39, 0.29) is 12.5 Å². The van der Waals surface area contributed by atoms with Crippen LogP contribution in [0.2, 0.25) is 0 Å². The van der Waals surface area contributed by atoms with Crippen LogP contribution in [-0.2, 0) is 17.6 Å². The number of rotatable bonds is 6. The molecule has 5 nitrogen and oxygen atoms in total. The summed E-state index contributed by atoms with van der Waals surface area (Å²) in [7, 11) is 1.74. The van der Waals surface area contributed by atoms with Crippen molar-refractivity contribution in [3.63, 3.8) is 0 Å². The molecule has 1 aliphatic rings. The summed E-state index contributed by atoms with van der Waals surface area (Å²) >= 11 is 1.79. The largest absolute Gasteiger partial charge is 0.356 e. The molecule has 6 heteroatoms. The molecule has 144 valence electrons. The summed E-state index contributed by atoms with van der Waals surface area (Å²) in [4.78, 5) is 20.2. The van der Waals surface area contributed by atoms with Crippen LogP contribution in [-0.4, -0.2) is 38.5 Å². The van der Waals surface area contributed by atoms with Crippen molar-refractivity contribution >= 4 is 28.9 Å². The van der Waals surface area contributed by atoms with Gasteiger partial charge in [0.1, 0.15) is 0 Å². The van der Waals surface area contributed by atoms with E-state index in [4.69, 9.17) is 0 Å². The lowest BCUT2D eigenvalue weighted by molar-refractivity contribution is -0.117. The fourth-order valence-electron chi connectivity index (χ4n) is 3.38. The minimum absolute atomic E-state index is 0.0803. The maximum atomic E-state index is 12.7. The van der Waals surface area contributed by atoms with E-state index >= 15 is 0 Å². The van der Waals surface area contributed by atoms with E-state index in [2.05, 4.69) is 46.1 Å². The molecule has 1 aromatic carbocycles. The Balaban J connectivity index is 1.47. The zero-order valence-electron chi connectivity index (χ0n) is 16.1. The van der Waals surface area contributed by atoms with Gasteiger partial charge in [-0.25, -0.2) is 0 Å². The second-order valence-corrected chi connectivity index (χ2v) is 8.01. The number of fused-ring (bicyclic) bond motifs is 1. The third-order valence-electron chi connectivity index (χ3n) is 4.79. The van der Waals surface area contributed by atoms with E-state index in [0.717, 1.165) is 38.0 Å². The molecule has 1 unspecified atom stereocenters. The van der Waals surface area contributed by atoms with Crippen molar-refractivity contribution in [2.24, 2.45) is 10.9 Å². The molecule has 2 aromatic rings. The third-order valence-corrected chi connectivity index (χ3v) is 5.69. The zero-order chi connectivity index (χ0) is 19.1. The van der Waals surface area contributed by atoms with Gasteiger partial charge in [-0.1, -0.05) is 31.2 Å². The lowest BCUT2D eigenvalue weighted by atomic mass is 10.0. The Kier molecular flexibility index (Phi) is 6.87. The predicted molar refractivity (Wildman–Crippen MR) is 114 cm³/mol. The van der Waals surface area contributed by atoms with E-state index in [9.17, 15) is 4.79 Å². The van der Waals surface area contributed by atoms with Gasteiger partial charge in [0.05, 0.1) is 6.54 Å². The molecule has 2 N–H and O–H groups in total. The van der Waals surface area contributed by atoms with Crippen LogP contribution in [0, 0.1) is 5.92 Å². The highest BCUT2D eigenvalue weighted by molar-refractivity contribution is 7.09. The summed E-state index contributed by atoms with van der Waals surface area (Å²) < 4.78 is 0. The van der Waals surface area contributed by atoms with Crippen molar-refractivity contribution in [1.82, 2.24) is 10.6 Å². The Morgan fingerprint density at radius 1 is 1.26 bits per heavy atom. The summed E-state index contributed by atoms with van der Waals surface area (Å²) in [5.41, 5.74) is 2.30. The molecule has 0 saturated heterocycles. The van der Waals surface area contributed by atoms with Crippen molar-refractivity contribution in [3.05, 3.63) is 52.2 Å². The molecule has 1 aliphatic heterocycles. The van der Waals surface area contributed by atoms with Crippen LogP contribution in [0.25, 0.3) is 0 Å². The predicted octanol–water partition coefficient (Wildman–Crippen LogP) is 3.07. The van der Waals surface area contributed by atoms with Crippen LogP contribution in [0.4, 0.5) is 5.69 Å². The van der Waals surface area contributed by atoms with Gasteiger partial charge >= 0.3 is 0 Å². The molecule has 0 spiro atoms. The van der Waals surface area contributed by atoms with E-state index < -0.39 is 0 Å². The summed E-state index contributed by atoms with van der Waals surface area (Å²) in [5.74, 6) is 1.25. The first-order valence-electron chi connectivity index (χ1n) is 9.52. The lowest BCUT2D eigenvalue weighted by Gasteiger charge is -2.29. The highest BCUT2D eigenvalue weighted by Gasteiger charge is 2.22. The number of guanidine groups is 1. The number of carbonyl (C=O) groups is 1. The number of thiophene rings is 1. The molecule has 0 bridgehead atoms. The minimum Gasteiger partial charge on any atom is -0.356 e. The second-order valence-electron chi connectivity index (χ2n) is 6.97. The number of nitrogens with zero attached hydrogens (tertiary/aromatic N) is 2. The summed E-state index contributed by atoms with van der Waals surface area (Å²) in [6.07, 6.45) is 3.10. The van der Waals surface area contributed by atoms with Crippen LogP contribution >= 0.6 is 11.3 Å². The maximum Gasteiger partial charge on any atom is 0.246 e. The molecule has 1 aromatic heterocycles. The first kappa shape index (κ1) is 19.4. The van der Waals surface area contributed by atoms with Gasteiger partial charge in [-0.3, -0.25) is 9.79 Å². The second kappa shape index (κ2) is 9.55. The maximum absolute atomic E-state index is 12.7. The molecule has 1 atom stereocenters. The number of benzene rings is 1. The van der Waals surface area contributed by atoms with Gasteiger partial charge in [0.25, 0.3) is 0 Å². The number of amides is 1. The van der Waals surface area contributed by atoms with Crippen molar-refractivity contribution in [2.45, 2.75) is 26.2 Å². The number of carbonyl (C=O) groups excluding carboxylic acids is 1. The number of anilines is 1. The number of hydrogen-bond acceptors (Lipinski definition) is 3. The van der Waals surface area contributed by atoms with Crippen LogP contribution in [0.1, 0.15) is 23.8 Å². The summed E-state index contributed by atoms with van der Waals surface area (Å²) in [6.45, 7) is 4.06. The number of aryl methyl sites for hydroxylation is 1. The fourth-order valence-corrected chi connectivity index (χ4v) is 4.25. The number of hydrogen-bond donors (Lipinski definition) is 2. The molecule has 3 rings (SSSR count). The Morgan fingerprint density at radius 3 is 2.89 bits per heavy atom. The molecular formula is C21H28N4OS. The fraction of sp³-hybridized carbons (Fsp3) is 0.429. The number of nitrogens with one attached hydrogen (secondary N) is 2. The Morgan fingerprint density at radius 2 is 2.11 bits per heavy atom. The van der Waals surface area contributed by atoms with Crippen molar-refractivity contribution in [1.29, 1.82) is 0 Å². The van der Waals surface area contributed by atoms with Crippen molar-refractivity contribution in [2.75, 3.05) is 31.6 Å². The van der Waals surface area contributed by atoms with Gasteiger partial charge < -0.3 is 15.5 Å². The molecule has 2 heterocycles. The zero-order valence-corrected chi connectivity index (χ0v) is 16.9. The minimum atomic E-state index is 0.0803. The van der Waals surface area contributed by atoms with E-state index in [1.54, 1.807) is 18.4 Å². The number of para-hydroxylation sites is 1. The molecule has 27 heavy (non-hydrogen) atoms. The van der Waals surface area contributed by atoms with Gasteiger partial charge in [-0.05, 0) is 48.3 Å². The molecule has 0 saturated carbocycles. The van der Waals surface area contributed by atoms with Gasteiger partial charge in [-0.2, -0.15) is 0 Å². The lowest BCUT2D eigenvalue weighted by Crippen LogP contribution is -2.46.